The molecule has 320 valence electrons. The molecule has 0 saturated carbocycles. The number of esters is 1. The van der Waals surface area contributed by atoms with Crippen LogP contribution in [0.5, 0.6) is 5.75 Å². The highest BCUT2D eigenvalue weighted by molar-refractivity contribution is 7.16. The lowest BCUT2D eigenvalue weighted by atomic mass is 10.2. The third kappa shape index (κ3) is 12.1. The molecule has 2 aromatic carbocycles. The molecule has 0 radical (unpaired) electrons. The molecule has 0 spiro atoms. The molecule has 1 aliphatic heterocycles. The summed E-state index contributed by atoms with van der Waals surface area (Å²) < 4.78 is 47.3. The van der Waals surface area contributed by atoms with Crippen LogP contribution in [0, 0.1) is 24.6 Å². The fourth-order valence-corrected chi connectivity index (χ4v) is 9.06. The van der Waals surface area contributed by atoms with Crippen molar-refractivity contribution in [2.75, 3.05) is 59.0 Å². The van der Waals surface area contributed by atoms with E-state index in [-0.39, 0.29) is 24.2 Å². The summed E-state index contributed by atoms with van der Waals surface area (Å²) in [6, 6.07) is 15.9. The van der Waals surface area contributed by atoms with E-state index in [1.54, 1.807) is 23.5 Å². The first-order valence-corrected chi connectivity index (χ1v) is 25.2. The number of halogens is 1. The lowest BCUT2D eigenvalue weighted by Gasteiger charge is -2.24. The molecule has 13 nitrogen and oxygen atoms in total. The van der Waals surface area contributed by atoms with Gasteiger partial charge in [-0.15, -0.1) is 21.5 Å². The van der Waals surface area contributed by atoms with Crippen molar-refractivity contribution in [3.05, 3.63) is 80.8 Å². The van der Waals surface area contributed by atoms with Gasteiger partial charge in [-0.05, 0) is 95.7 Å². The fraction of sp³-hybridized carbons (Fsp3) is 0.465. The molecule has 17 heteroatoms. The molecule has 6 rings (SSSR count). The number of thiazole rings is 2. The number of anilines is 2. The van der Waals surface area contributed by atoms with Gasteiger partial charge in [0.05, 0.1) is 43.6 Å². The maximum atomic E-state index is 14.9. The van der Waals surface area contributed by atoms with Crippen LogP contribution in [0.15, 0.2) is 53.5 Å². The standard InChI is InChI=1S/C43H54FN7O6S2Si/c1-29-24-37(47-48-39(29)46-42-51(28-54-22-23-60(7,8)9)33-15-10-11-16-35(33)58-42)50(26-31-27-56-43(2,3)57-31)41-45-38(40(52)53-6)36(59-41)17-13-21-55-34-19-18-30(25-32(34)44)14-12-20-49(4)5/h10-11,15-16,18-19,24-25,31H,13,17,20-23,26-28H2,1-9H3. The molecular weight excluding hydrogens is 822 g/mol. The van der Waals surface area contributed by atoms with Gasteiger partial charge in [0, 0.05) is 25.1 Å². The summed E-state index contributed by atoms with van der Waals surface area (Å²) in [6.07, 6.45) is 0.591. The zero-order valence-electron chi connectivity index (χ0n) is 35.8. The predicted molar refractivity (Wildman–Crippen MR) is 237 cm³/mol. The summed E-state index contributed by atoms with van der Waals surface area (Å²) in [5.41, 5.74) is 2.60. The van der Waals surface area contributed by atoms with Crippen LogP contribution in [0.25, 0.3) is 10.2 Å². The highest BCUT2D eigenvalue weighted by atomic mass is 32.1. The van der Waals surface area contributed by atoms with Gasteiger partial charge in [-0.2, -0.15) is 4.99 Å². The van der Waals surface area contributed by atoms with Crippen molar-refractivity contribution >= 4 is 63.7 Å². The van der Waals surface area contributed by atoms with E-state index < -0.39 is 25.6 Å². The van der Waals surface area contributed by atoms with Crippen molar-refractivity contribution in [2.24, 2.45) is 4.99 Å². The van der Waals surface area contributed by atoms with Gasteiger partial charge in [0.2, 0.25) is 0 Å². The third-order valence-corrected chi connectivity index (χ3v) is 13.2. The van der Waals surface area contributed by atoms with Crippen LogP contribution in [0.2, 0.25) is 25.7 Å². The Morgan fingerprint density at radius 2 is 1.92 bits per heavy atom. The molecule has 0 aliphatic carbocycles. The second-order valence-corrected chi connectivity index (χ2v) is 24.1. The number of methoxy groups -OCH3 is 1. The van der Waals surface area contributed by atoms with Crippen LogP contribution >= 0.6 is 22.7 Å². The Balaban J connectivity index is 1.25. The average molecular weight is 876 g/mol. The fourth-order valence-electron chi connectivity index (χ4n) is 6.18. The highest BCUT2D eigenvalue weighted by Crippen LogP contribution is 2.35. The average Bonchev–Trinajstić information content (AvgIpc) is 3.88. The van der Waals surface area contributed by atoms with Crippen LogP contribution in [-0.2, 0) is 32.1 Å². The van der Waals surface area contributed by atoms with Gasteiger partial charge < -0.3 is 23.7 Å². The van der Waals surface area contributed by atoms with Crippen molar-refractivity contribution < 1.29 is 32.9 Å². The molecule has 3 aromatic heterocycles. The number of ether oxygens (including phenoxy) is 5. The molecule has 0 bridgehead atoms. The number of carbonyl (C=O) groups excluding carboxylic acids is 1. The van der Waals surface area contributed by atoms with E-state index >= 15 is 0 Å². The minimum absolute atomic E-state index is 0.135. The van der Waals surface area contributed by atoms with E-state index in [4.69, 9.17) is 33.7 Å². The number of rotatable bonds is 17. The van der Waals surface area contributed by atoms with Crippen LogP contribution in [0.3, 0.4) is 0 Å². The molecule has 1 saturated heterocycles. The predicted octanol–water partition coefficient (Wildman–Crippen LogP) is 7.94. The van der Waals surface area contributed by atoms with Gasteiger partial charge in [0.25, 0.3) is 0 Å². The van der Waals surface area contributed by atoms with Crippen molar-refractivity contribution in [1.82, 2.24) is 24.6 Å². The number of fused-ring (bicyclic) bond motifs is 1. The van der Waals surface area contributed by atoms with E-state index in [2.05, 4.69) is 58.4 Å². The Morgan fingerprint density at radius 1 is 1.12 bits per heavy atom. The van der Waals surface area contributed by atoms with Crippen LogP contribution < -0.4 is 14.4 Å². The zero-order valence-corrected chi connectivity index (χ0v) is 38.5. The molecule has 1 atom stereocenters. The zero-order chi connectivity index (χ0) is 43.0. The summed E-state index contributed by atoms with van der Waals surface area (Å²) in [6.45, 7) is 15.2. The SMILES string of the molecule is COC(=O)c1nc(N(CC2COC(C)(C)O2)c2cc(C)c(N=c3sc4ccccc4n3COCC[Si](C)(C)C)nn2)sc1CCCOc1ccc(C#CCN(C)C)cc1F. The second kappa shape index (κ2) is 19.9. The number of carbonyl (C=O) groups is 1. The van der Waals surface area contributed by atoms with E-state index in [1.807, 2.05) is 62.9 Å². The second-order valence-electron chi connectivity index (χ2n) is 16.4. The van der Waals surface area contributed by atoms with Gasteiger partial charge in [0.1, 0.15) is 12.8 Å². The summed E-state index contributed by atoms with van der Waals surface area (Å²) in [7, 11) is 3.92. The molecule has 5 aromatic rings. The topological polar surface area (TPSA) is 126 Å². The van der Waals surface area contributed by atoms with Crippen LogP contribution in [0.1, 0.15) is 46.8 Å². The molecule has 1 fully saturated rings. The number of benzene rings is 2. The summed E-state index contributed by atoms with van der Waals surface area (Å²) in [5, 5.41) is 9.80. The summed E-state index contributed by atoms with van der Waals surface area (Å²) in [5.74, 6) is 5.27. The first-order chi connectivity index (χ1) is 28.6. The van der Waals surface area contributed by atoms with Gasteiger partial charge in [0.15, 0.2) is 44.6 Å². The van der Waals surface area contributed by atoms with Crippen molar-refractivity contribution in [3.8, 4) is 17.6 Å². The van der Waals surface area contributed by atoms with Crippen molar-refractivity contribution in [2.45, 2.75) is 77.9 Å². The normalized spacial score (nSPS) is 15.4. The molecule has 60 heavy (non-hydrogen) atoms. The lowest BCUT2D eigenvalue weighted by Crippen LogP contribution is -2.32. The highest BCUT2D eigenvalue weighted by Gasteiger charge is 2.35. The van der Waals surface area contributed by atoms with E-state index in [0.29, 0.717) is 73.1 Å². The Kier molecular flexibility index (Phi) is 14.9. The lowest BCUT2D eigenvalue weighted by molar-refractivity contribution is -0.137. The van der Waals surface area contributed by atoms with E-state index in [0.717, 1.165) is 26.6 Å². The Labute approximate surface area is 360 Å². The van der Waals surface area contributed by atoms with Crippen LogP contribution in [0.4, 0.5) is 21.2 Å². The number of hydrogen-bond donors (Lipinski definition) is 0. The van der Waals surface area contributed by atoms with Crippen molar-refractivity contribution in [3.63, 3.8) is 0 Å². The quantitative estimate of drug-likeness (QED) is 0.0391. The van der Waals surface area contributed by atoms with Gasteiger partial charge in [-0.1, -0.05) is 55.0 Å². The monoisotopic (exact) mass is 875 g/mol. The number of para-hydroxylation sites is 1. The van der Waals surface area contributed by atoms with Gasteiger partial charge >= 0.3 is 5.97 Å². The maximum absolute atomic E-state index is 14.9. The Bertz CT molecular complexity index is 2420. The molecule has 0 amide bonds. The van der Waals surface area contributed by atoms with E-state index in [9.17, 15) is 9.18 Å². The van der Waals surface area contributed by atoms with Gasteiger partial charge in [-0.25, -0.2) is 14.2 Å². The minimum Gasteiger partial charge on any atom is -0.491 e. The molecule has 4 heterocycles. The molecule has 1 unspecified atom stereocenters. The number of aryl methyl sites for hydroxylation is 2. The van der Waals surface area contributed by atoms with Crippen molar-refractivity contribution in [1.29, 1.82) is 0 Å². The van der Waals surface area contributed by atoms with Gasteiger partial charge in [-0.3, -0.25) is 14.4 Å². The number of hydrogen-bond acceptors (Lipinski definition) is 14. The maximum Gasteiger partial charge on any atom is 0.357 e. The largest absolute Gasteiger partial charge is 0.491 e. The first kappa shape index (κ1) is 45.0. The summed E-state index contributed by atoms with van der Waals surface area (Å²) >= 11 is 2.91. The molecule has 1 aliphatic rings. The molecular formula is C43H54FN7O6S2Si. The summed E-state index contributed by atoms with van der Waals surface area (Å²) in [4.78, 5) is 28.2. The Hall–Kier alpha value is -4.54. The minimum atomic E-state index is -1.25. The van der Waals surface area contributed by atoms with E-state index in [1.165, 1.54) is 24.5 Å². The number of aromatic nitrogens is 4. The Morgan fingerprint density at radius 3 is 2.62 bits per heavy atom. The smallest absolute Gasteiger partial charge is 0.357 e. The van der Waals surface area contributed by atoms with Crippen LogP contribution in [-0.4, -0.2) is 105 Å². The first-order valence-electron chi connectivity index (χ1n) is 19.9. The molecule has 0 N–H and O–H groups in total. The number of nitrogens with zero attached hydrogens (tertiary/aromatic N) is 7. The third-order valence-electron chi connectivity index (χ3n) is 9.34.